The van der Waals surface area contributed by atoms with Crippen LogP contribution in [-0.4, -0.2) is 21.2 Å². The lowest BCUT2D eigenvalue weighted by molar-refractivity contribution is -0.118. The number of benzene rings is 2. The first kappa shape index (κ1) is 16.5. The number of halogens is 1. The van der Waals surface area contributed by atoms with E-state index < -0.39 is 0 Å². The van der Waals surface area contributed by atoms with E-state index in [0.717, 1.165) is 28.3 Å². The third kappa shape index (κ3) is 3.76. The number of aromatic nitrogens is 2. The Balaban J connectivity index is 1.59. The lowest BCUT2D eigenvalue weighted by Crippen LogP contribution is -2.26. The number of imidazole rings is 1. The first-order valence-corrected chi connectivity index (χ1v) is 8.75. The number of fused-ring (bicyclic) bond motifs is 1. The Morgan fingerprint density at radius 3 is 2.71 bits per heavy atom. The maximum Gasteiger partial charge on any atom is 0.230 e. The van der Waals surface area contributed by atoms with Gasteiger partial charge < -0.3 is 9.88 Å². The van der Waals surface area contributed by atoms with Crippen molar-refractivity contribution in [2.24, 2.45) is 0 Å². The van der Waals surface area contributed by atoms with Gasteiger partial charge in [0.2, 0.25) is 5.91 Å². The maximum absolute atomic E-state index is 12.9. The van der Waals surface area contributed by atoms with Gasteiger partial charge in [-0.3, -0.25) is 4.79 Å². The highest BCUT2D eigenvalue weighted by Crippen LogP contribution is 2.18. The van der Waals surface area contributed by atoms with Crippen molar-refractivity contribution in [2.45, 2.75) is 24.9 Å². The van der Waals surface area contributed by atoms with Crippen molar-refractivity contribution in [1.29, 1.82) is 0 Å². The van der Waals surface area contributed by atoms with Crippen LogP contribution in [0.5, 0.6) is 0 Å². The molecule has 24 heavy (non-hydrogen) atoms. The van der Waals surface area contributed by atoms with Gasteiger partial charge in [-0.05, 0) is 43.3 Å². The van der Waals surface area contributed by atoms with Gasteiger partial charge in [-0.15, -0.1) is 11.8 Å². The fourth-order valence-corrected chi connectivity index (χ4v) is 3.25. The van der Waals surface area contributed by atoms with E-state index in [-0.39, 0.29) is 17.5 Å². The fourth-order valence-electron chi connectivity index (χ4n) is 2.52. The number of amides is 1. The van der Waals surface area contributed by atoms with Crippen molar-refractivity contribution in [1.82, 2.24) is 14.9 Å². The second-order valence-corrected chi connectivity index (χ2v) is 6.33. The highest BCUT2D eigenvalue weighted by atomic mass is 32.2. The van der Waals surface area contributed by atoms with Crippen LogP contribution in [0.4, 0.5) is 4.39 Å². The highest BCUT2D eigenvalue weighted by Gasteiger charge is 2.10. The molecule has 1 aromatic heterocycles. The molecular formula is C18H18FN3OS. The number of para-hydroxylation sites is 2. The van der Waals surface area contributed by atoms with Crippen molar-refractivity contribution >= 4 is 28.7 Å². The molecule has 0 saturated heterocycles. The average molecular weight is 343 g/mol. The summed E-state index contributed by atoms with van der Waals surface area (Å²) >= 11 is 1.38. The Labute approximate surface area is 144 Å². The summed E-state index contributed by atoms with van der Waals surface area (Å²) in [5.74, 6) is 0.790. The molecule has 0 unspecified atom stereocenters. The van der Waals surface area contributed by atoms with Crippen LogP contribution in [-0.2, 0) is 17.9 Å². The van der Waals surface area contributed by atoms with Gasteiger partial charge in [-0.1, -0.05) is 12.1 Å². The number of aryl methyl sites for hydroxylation is 1. The Morgan fingerprint density at radius 1 is 1.21 bits per heavy atom. The Morgan fingerprint density at radius 2 is 1.96 bits per heavy atom. The third-order valence-corrected chi connectivity index (χ3v) is 4.69. The number of nitrogens with zero attached hydrogens (tertiary/aromatic N) is 2. The van der Waals surface area contributed by atoms with Gasteiger partial charge in [0, 0.05) is 11.4 Å². The monoisotopic (exact) mass is 343 g/mol. The average Bonchev–Trinajstić information content (AvgIpc) is 2.97. The predicted octanol–water partition coefficient (Wildman–Crippen LogP) is 3.60. The van der Waals surface area contributed by atoms with Crippen LogP contribution in [0, 0.1) is 5.82 Å². The summed E-state index contributed by atoms with van der Waals surface area (Å²) in [5.41, 5.74) is 2.01. The predicted molar refractivity (Wildman–Crippen MR) is 94.4 cm³/mol. The van der Waals surface area contributed by atoms with E-state index in [1.807, 2.05) is 24.3 Å². The second kappa shape index (κ2) is 7.49. The molecule has 0 bridgehead atoms. The van der Waals surface area contributed by atoms with E-state index in [9.17, 15) is 9.18 Å². The molecule has 0 saturated carbocycles. The largest absolute Gasteiger partial charge is 0.348 e. The molecule has 1 amide bonds. The lowest BCUT2D eigenvalue weighted by atomic mass is 10.3. The quantitative estimate of drug-likeness (QED) is 0.696. The van der Waals surface area contributed by atoms with E-state index >= 15 is 0 Å². The number of hydrogen-bond donors (Lipinski definition) is 1. The lowest BCUT2D eigenvalue weighted by Gasteiger charge is -2.08. The van der Waals surface area contributed by atoms with Crippen molar-refractivity contribution in [2.75, 3.05) is 5.75 Å². The summed E-state index contributed by atoms with van der Waals surface area (Å²) in [6, 6.07) is 14.1. The van der Waals surface area contributed by atoms with E-state index in [1.54, 1.807) is 12.1 Å². The smallest absolute Gasteiger partial charge is 0.230 e. The van der Waals surface area contributed by atoms with Crippen LogP contribution in [0.3, 0.4) is 0 Å². The normalized spacial score (nSPS) is 10.9. The Bertz CT molecular complexity index is 845. The molecule has 0 aliphatic carbocycles. The van der Waals surface area contributed by atoms with Crippen LogP contribution in [0.15, 0.2) is 53.4 Å². The zero-order valence-electron chi connectivity index (χ0n) is 13.3. The molecule has 0 aliphatic heterocycles. The summed E-state index contributed by atoms with van der Waals surface area (Å²) in [7, 11) is 0. The first-order valence-electron chi connectivity index (χ1n) is 7.76. The van der Waals surface area contributed by atoms with Gasteiger partial charge in [-0.25, -0.2) is 9.37 Å². The molecule has 0 aliphatic rings. The van der Waals surface area contributed by atoms with Crippen LogP contribution in [0.1, 0.15) is 12.7 Å². The zero-order valence-corrected chi connectivity index (χ0v) is 14.1. The van der Waals surface area contributed by atoms with E-state index in [0.29, 0.717) is 6.54 Å². The molecule has 2 aromatic carbocycles. The summed E-state index contributed by atoms with van der Waals surface area (Å²) < 4.78 is 15.0. The molecule has 0 fully saturated rings. The van der Waals surface area contributed by atoms with Crippen LogP contribution < -0.4 is 5.32 Å². The number of hydrogen-bond acceptors (Lipinski definition) is 3. The van der Waals surface area contributed by atoms with E-state index in [2.05, 4.69) is 21.8 Å². The van der Waals surface area contributed by atoms with Gasteiger partial charge in [0.05, 0.1) is 23.3 Å². The maximum atomic E-state index is 12.9. The minimum Gasteiger partial charge on any atom is -0.348 e. The molecule has 1 N–H and O–H groups in total. The molecule has 3 rings (SSSR count). The minimum atomic E-state index is -0.276. The van der Waals surface area contributed by atoms with Crippen LogP contribution in [0.25, 0.3) is 11.0 Å². The van der Waals surface area contributed by atoms with Crippen molar-refractivity contribution in [3.8, 4) is 0 Å². The standard InChI is InChI=1S/C18H18FN3OS/c1-2-22-16-6-4-3-5-15(16)21-17(22)11-20-18(23)12-24-14-9-7-13(19)8-10-14/h3-10H,2,11-12H2,1H3,(H,20,23). The number of nitrogens with one attached hydrogen (secondary N) is 1. The summed E-state index contributed by atoms with van der Waals surface area (Å²) in [6.45, 7) is 3.26. The fraction of sp³-hybridized carbons (Fsp3) is 0.222. The van der Waals surface area contributed by atoms with Crippen molar-refractivity contribution in [3.05, 3.63) is 60.2 Å². The van der Waals surface area contributed by atoms with E-state index in [4.69, 9.17) is 0 Å². The summed E-state index contributed by atoms with van der Waals surface area (Å²) in [6.07, 6.45) is 0. The molecule has 1 heterocycles. The number of carbonyl (C=O) groups excluding carboxylic acids is 1. The van der Waals surface area contributed by atoms with Gasteiger partial charge in [0.1, 0.15) is 11.6 Å². The molecule has 4 nitrogen and oxygen atoms in total. The van der Waals surface area contributed by atoms with Gasteiger partial charge >= 0.3 is 0 Å². The number of carbonyl (C=O) groups is 1. The Hall–Kier alpha value is -2.34. The Kier molecular flexibility index (Phi) is 5.15. The first-order chi connectivity index (χ1) is 11.7. The zero-order chi connectivity index (χ0) is 16.9. The van der Waals surface area contributed by atoms with E-state index in [1.165, 1.54) is 23.9 Å². The van der Waals surface area contributed by atoms with Crippen LogP contribution >= 0.6 is 11.8 Å². The minimum absolute atomic E-state index is 0.0703. The number of rotatable bonds is 6. The molecule has 3 aromatic rings. The summed E-state index contributed by atoms with van der Waals surface area (Å²) in [5, 5.41) is 2.90. The highest BCUT2D eigenvalue weighted by molar-refractivity contribution is 8.00. The molecule has 124 valence electrons. The van der Waals surface area contributed by atoms with Gasteiger partial charge in [-0.2, -0.15) is 0 Å². The van der Waals surface area contributed by atoms with Crippen LogP contribution in [0.2, 0.25) is 0 Å². The second-order valence-electron chi connectivity index (χ2n) is 5.28. The number of thioether (sulfide) groups is 1. The third-order valence-electron chi connectivity index (χ3n) is 3.68. The molecule has 0 spiro atoms. The molecule has 0 atom stereocenters. The molecular weight excluding hydrogens is 325 g/mol. The SMILES string of the molecule is CCn1c(CNC(=O)CSc2ccc(F)cc2)nc2ccccc21. The van der Waals surface area contributed by atoms with Gasteiger partial charge in [0.15, 0.2) is 0 Å². The van der Waals surface area contributed by atoms with Gasteiger partial charge in [0.25, 0.3) is 0 Å². The summed E-state index contributed by atoms with van der Waals surface area (Å²) in [4.78, 5) is 17.5. The van der Waals surface area contributed by atoms with Crippen molar-refractivity contribution in [3.63, 3.8) is 0 Å². The van der Waals surface area contributed by atoms with Crippen molar-refractivity contribution < 1.29 is 9.18 Å². The molecule has 0 radical (unpaired) electrons. The topological polar surface area (TPSA) is 46.9 Å². The molecule has 6 heteroatoms.